The van der Waals surface area contributed by atoms with E-state index in [4.69, 9.17) is 9.47 Å². The quantitative estimate of drug-likeness (QED) is 0.505. The Morgan fingerprint density at radius 1 is 1.00 bits per heavy atom. The van der Waals surface area contributed by atoms with Crippen LogP contribution in [-0.2, 0) is 6.61 Å². The van der Waals surface area contributed by atoms with E-state index in [1.54, 1.807) is 19.4 Å². The molecule has 0 aliphatic heterocycles. The molecule has 6 heteroatoms. The fourth-order valence-corrected chi connectivity index (χ4v) is 3.18. The van der Waals surface area contributed by atoms with E-state index in [1.807, 2.05) is 67.6 Å². The Hall–Kier alpha value is -3.93. The number of hydrogen-bond donors (Lipinski definition) is 1. The number of methoxy groups -OCH3 is 1. The van der Waals surface area contributed by atoms with Gasteiger partial charge in [0.15, 0.2) is 0 Å². The van der Waals surface area contributed by atoms with Crippen molar-refractivity contribution in [3.63, 3.8) is 0 Å². The van der Waals surface area contributed by atoms with Gasteiger partial charge in [-0.15, -0.1) is 0 Å². The van der Waals surface area contributed by atoms with E-state index in [1.165, 1.54) is 0 Å². The van der Waals surface area contributed by atoms with Crippen molar-refractivity contribution >= 4 is 22.5 Å². The van der Waals surface area contributed by atoms with Crippen LogP contribution in [0.2, 0.25) is 0 Å². The minimum Gasteiger partial charge on any atom is -0.494 e. The number of amides is 1. The van der Waals surface area contributed by atoms with E-state index in [0.717, 1.165) is 16.6 Å². The van der Waals surface area contributed by atoms with Gasteiger partial charge in [0.05, 0.1) is 29.7 Å². The molecule has 0 radical (unpaired) electrons. The molecule has 2 aromatic carbocycles. The molecule has 0 saturated carbocycles. The number of nitrogens with one attached hydrogen (secondary N) is 1. The zero-order valence-corrected chi connectivity index (χ0v) is 16.8. The average Bonchev–Trinajstić information content (AvgIpc) is 2.78. The molecule has 1 amide bonds. The van der Waals surface area contributed by atoms with Gasteiger partial charge in [0.2, 0.25) is 0 Å². The van der Waals surface area contributed by atoms with Crippen LogP contribution in [0.25, 0.3) is 10.9 Å². The van der Waals surface area contributed by atoms with Crippen LogP contribution < -0.4 is 14.8 Å². The van der Waals surface area contributed by atoms with Gasteiger partial charge in [0.1, 0.15) is 23.6 Å². The van der Waals surface area contributed by atoms with Gasteiger partial charge < -0.3 is 14.8 Å². The number of ether oxygens (including phenoxy) is 2. The molecule has 0 spiro atoms. The highest BCUT2D eigenvalue weighted by Gasteiger charge is 2.15. The van der Waals surface area contributed by atoms with Gasteiger partial charge in [0, 0.05) is 11.6 Å². The summed E-state index contributed by atoms with van der Waals surface area (Å²) in [5, 5.41) is 3.78. The summed E-state index contributed by atoms with van der Waals surface area (Å²) < 4.78 is 11.3. The number of fused-ring (bicyclic) bond motifs is 1. The summed E-state index contributed by atoms with van der Waals surface area (Å²) in [5.74, 6) is 0.999. The number of hydrogen-bond acceptors (Lipinski definition) is 5. The number of aryl methyl sites for hydroxylation is 1. The fraction of sp³-hybridized carbons (Fsp3) is 0.125. The summed E-state index contributed by atoms with van der Waals surface area (Å²) in [4.78, 5) is 21.8. The van der Waals surface area contributed by atoms with Gasteiger partial charge in [-0.1, -0.05) is 30.3 Å². The maximum absolute atomic E-state index is 13.0. The lowest BCUT2D eigenvalue weighted by atomic mass is 10.1. The summed E-state index contributed by atoms with van der Waals surface area (Å²) in [6.45, 7) is 2.12. The molecule has 0 fully saturated rings. The van der Waals surface area contributed by atoms with Crippen LogP contribution in [0.5, 0.6) is 11.5 Å². The number of nitrogens with zero attached hydrogens (tertiary/aromatic N) is 2. The topological polar surface area (TPSA) is 73.3 Å². The van der Waals surface area contributed by atoms with Crippen molar-refractivity contribution in [1.82, 2.24) is 9.97 Å². The van der Waals surface area contributed by atoms with E-state index < -0.39 is 0 Å². The molecule has 1 N–H and O–H groups in total. The number of rotatable bonds is 6. The second-order valence-electron chi connectivity index (χ2n) is 6.71. The number of benzene rings is 2. The van der Waals surface area contributed by atoms with Crippen molar-refractivity contribution in [2.45, 2.75) is 13.5 Å². The molecule has 30 heavy (non-hydrogen) atoms. The molecule has 4 aromatic rings. The Morgan fingerprint density at radius 3 is 2.60 bits per heavy atom. The first-order valence-electron chi connectivity index (χ1n) is 9.53. The Bertz CT molecular complexity index is 1190. The largest absolute Gasteiger partial charge is 0.494 e. The highest BCUT2D eigenvalue weighted by atomic mass is 16.5. The van der Waals surface area contributed by atoms with Gasteiger partial charge >= 0.3 is 0 Å². The number of carbonyl (C=O) groups excluding carboxylic acids is 1. The van der Waals surface area contributed by atoms with Crippen LogP contribution in [0.15, 0.2) is 72.9 Å². The molecule has 2 aromatic heterocycles. The van der Waals surface area contributed by atoms with Crippen molar-refractivity contribution in [3.05, 3.63) is 89.9 Å². The summed E-state index contributed by atoms with van der Waals surface area (Å²) >= 11 is 0. The predicted molar refractivity (Wildman–Crippen MR) is 116 cm³/mol. The third kappa shape index (κ3) is 4.07. The molecule has 0 aliphatic rings. The normalized spacial score (nSPS) is 10.6. The van der Waals surface area contributed by atoms with Crippen LogP contribution >= 0.6 is 0 Å². The molecule has 4 rings (SSSR count). The molecule has 0 atom stereocenters. The van der Waals surface area contributed by atoms with Crippen molar-refractivity contribution in [3.8, 4) is 11.5 Å². The van der Waals surface area contributed by atoms with Gasteiger partial charge in [-0.2, -0.15) is 0 Å². The molecule has 6 nitrogen and oxygen atoms in total. The van der Waals surface area contributed by atoms with Crippen molar-refractivity contribution < 1.29 is 14.3 Å². The van der Waals surface area contributed by atoms with Crippen LogP contribution in [0.4, 0.5) is 5.69 Å². The van der Waals surface area contributed by atoms with Crippen molar-refractivity contribution in [2.75, 3.05) is 12.4 Å². The van der Waals surface area contributed by atoms with Crippen LogP contribution in [0.1, 0.15) is 21.7 Å². The highest BCUT2D eigenvalue weighted by molar-refractivity contribution is 6.07. The summed E-state index contributed by atoms with van der Waals surface area (Å²) in [5.41, 5.74) is 3.24. The number of pyridine rings is 2. The first kappa shape index (κ1) is 19.4. The monoisotopic (exact) mass is 399 g/mol. The Labute approximate surface area is 174 Å². The molecule has 0 bridgehead atoms. The summed E-state index contributed by atoms with van der Waals surface area (Å²) in [7, 11) is 1.61. The van der Waals surface area contributed by atoms with Gasteiger partial charge in [-0.3, -0.25) is 9.78 Å². The second-order valence-corrected chi connectivity index (χ2v) is 6.71. The van der Waals surface area contributed by atoms with Gasteiger partial charge in [-0.05, 0) is 43.3 Å². The first-order chi connectivity index (χ1) is 14.7. The van der Waals surface area contributed by atoms with E-state index >= 15 is 0 Å². The van der Waals surface area contributed by atoms with Gasteiger partial charge in [0.25, 0.3) is 5.91 Å². The maximum atomic E-state index is 13.0. The van der Waals surface area contributed by atoms with E-state index in [-0.39, 0.29) is 5.91 Å². The molecular formula is C24H21N3O3. The van der Waals surface area contributed by atoms with Crippen LogP contribution in [-0.4, -0.2) is 23.0 Å². The van der Waals surface area contributed by atoms with Crippen molar-refractivity contribution in [2.24, 2.45) is 0 Å². The standard InChI is InChI=1S/C24H21N3O3/c1-16-19(14-17-8-7-12-22(29-2)23(17)26-16)24(28)27-20-10-3-4-11-21(20)30-15-18-9-5-6-13-25-18/h3-14H,15H2,1-2H3,(H,27,28). The first-order valence-corrected chi connectivity index (χ1v) is 9.53. The SMILES string of the molecule is COc1cccc2cc(C(=O)Nc3ccccc3OCc3ccccn3)c(C)nc12. The zero-order valence-electron chi connectivity index (χ0n) is 16.8. The Kier molecular flexibility index (Phi) is 5.57. The highest BCUT2D eigenvalue weighted by Crippen LogP contribution is 2.28. The fourth-order valence-electron chi connectivity index (χ4n) is 3.18. The van der Waals surface area contributed by atoms with E-state index in [0.29, 0.717) is 35.1 Å². The lowest BCUT2D eigenvalue weighted by Crippen LogP contribution is -2.15. The predicted octanol–water partition coefficient (Wildman–Crippen LogP) is 4.78. The maximum Gasteiger partial charge on any atom is 0.257 e. The zero-order chi connectivity index (χ0) is 20.9. The second kappa shape index (κ2) is 8.61. The Balaban J connectivity index is 1.58. The minimum atomic E-state index is -0.251. The molecule has 0 unspecified atom stereocenters. The number of para-hydroxylation sites is 3. The molecule has 2 heterocycles. The Morgan fingerprint density at radius 2 is 1.80 bits per heavy atom. The molecule has 0 saturated heterocycles. The lowest BCUT2D eigenvalue weighted by molar-refractivity contribution is 0.102. The number of carbonyl (C=O) groups is 1. The number of aromatic nitrogens is 2. The van der Waals surface area contributed by atoms with Crippen LogP contribution in [0, 0.1) is 6.92 Å². The molecular weight excluding hydrogens is 378 g/mol. The average molecular weight is 399 g/mol. The summed E-state index contributed by atoms with van der Waals surface area (Å²) in [6, 6.07) is 20.4. The van der Waals surface area contributed by atoms with E-state index in [9.17, 15) is 4.79 Å². The lowest BCUT2D eigenvalue weighted by Gasteiger charge is -2.14. The van der Waals surface area contributed by atoms with Crippen LogP contribution in [0.3, 0.4) is 0 Å². The third-order valence-electron chi connectivity index (χ3n) is 4.70. The molecule has 150 valence electrons. The minimum absolute atomic E-state index is 0.251. The third-order valence-corrected chi connectivity index (χ3v) is 4.70. The van der Waals surface area contributed by atoms with Gasteiger partial charge in [-0.25, -0.2) is 4.98 Å². The van der Waals surface area contributed by atoms with Crippen molar-refractivity contribution in [1.29, 1.82) is 0 Å². The number of anilines is 1. The summed E-state index contributed by atoms with van der Waals surface area (Å²) in [6.07, 6.45) is 1.72. The molecule has 0 aliphatic carbocycles. The van der Waals surface area contributed by atoms with E-state index in [2.05, 4.69) is 15.3 Å². The smallest absolute Gasteiger partial charge is 0.257 e.